The summed E-state index contributed by atoms with van der Waals surface area (Å²) < 4.78 is 0. The maximum atomic E-state index is 12.3. The summed E-state index contributed by atoms with van der Waals surface area (Å²) in [6.45, 7) is 0.643. The quantitative estimate of drug-likeness (QED) is 0.691. The number of halogens is 1. The average Bonchev–Trinajstić information content (AvgIpc) is 2.60. The van der Waals surface area contributed by atoms with Gasteiger partial charge in [-0.05, 0) is 17.7 Å². The Morgan fingerprint density at radius 1 is 1.04 bits per heavy atom. The Kier molecular flexibility index (Phi) is 6.98. The average molecular weight is 361 g/mol. The molecule has 2 amide bonds. The van der Waals surface area contributed by atoms with E-state index in [0.29, 0.717) is 10.6 Å². The predicted molar refractivity (Wildman–Crippen MR) is 98.8 cm³/mol. The minimum Gasteiger partial charge on any atom is -0.343 e. The van der Waals surface area contributed by atoms with Crippen molar-refractivity contribution in [1.82, 2.24) is 10.6 Å². The van der Waals surface area contributed by atoms with Crippen molar-refractivity contribution >= 4 is 23.4 Å². The van der Waals surface area contributed by atoms with Gasteiger partial charge in [0, 0.05) is 0 Å². The van der Waals surface area contributed by atoms with E-state index < -0.39 is 0 Å². The number of quaternary nitrogens is 1. The zero-order chi connectivity index (χ0) is 18.2. The van der Waals surface area contributed by atoms with E-state index in [1.807, 2.05) is 44.4 Å². The van der Waals surface area contributed by atoms with Crippen LogP contribution in [-0.2, 0) is 4.79 Å². The van der Waals surface area contributed by atoms with E-state index in [0.717, 1.165) is 12.1 Å². The third-order valence-corrected chi connectivity index (χ3v) is 4.01. The molecule has 132 valence electrons. The van der Waals surface area contributed by atoms with Crippen LogP contribution in [0.1, 0.15) is 22.0 Å². The molecule has 0 radical (unpaired) electrons. The molecule has 0 unspecified atom stereocenters. The second-order valence-corrected chi connectivity index (χ2v) is 6.51. The fourth-order valence-electron chi connectivity index (χ4n) is 2.49. The summed E-state index contributed by atoms with van der Waals surface area (Å²) in [5.41, 5.74) is 1.39. The van der Waals surface area contributed by atoms with E-state index >= 15 is 0 Å². The van der Waals surface area contributed by atoms with Gasteiger partial charge < -0.3 is 15.5 Å². The van der Waals surface area contributed by atoms with Gasteiger partial charge in [0.2, 0.25) is 5.91 Å². The fraction of sp³-hybridized carbons (Fsp3) is 0.263. The first-order valence-electron chi connectivity index (χ1n) is 8.13. The summed E-state index contributed by atoms with van der Waals surface area (Å²) in [6, 6.07) is 16.4. The number of likely N-dealkylation sites (N-methyl/N-ethyl adjacent to an activating group) is 1. The molecule has 0 aliphatic rings. The number of carbonyl (C=O) groups is 2. The molecule has 25 heavy (non-hydrogen) atoms. The summed E-state index contributed by atoms with van der Waals surface area (Å²) in [5, 5.41) is 5.95. The van der Waals surface area contributed by atoms with E-state index in [4.69, 9.17) is 11.6 Å². The zero-order valence-electron chi connectivity index (χ0n) is 14.4. The van der Waals surface area contributed by atoms with Gasteiger partial charge in [-0.3, -0.25) is 9.59 Å². The fourth-order valence-corrected chi connectivity index (χ4v) is 2.71. The Labute approximate surface area is 153 Å². The van der Waals surface area contributed by atoms with Crippen molar-refractivity contribution in [2.24, 2.45) is 0 Å². The maximum Gasteiger partial charge on any atom is 0.253 e. The topological polar surface area (TPSA) is 62.6 Å². The van der Waals surface area contributed by atoms with Crippen LogP contribution in [-0.4, -0.2) is 39.0 Å². The van der Waals surface area contributed by atoms with Crippen molar-refractivity contribution < 1.29 is 14.5 Å². The van der Waals surface area contributed by atoms with Crippen LogP contribution >= 0.6 is 11.6 Å². The summed E-state index contributed by atoms with van der Waals surface area (Å²) in [6.07, 6.45) is 0. The molecule has 0 heterocycles. The molecule has 0 aromatic heterocycles. The van der Waals surface area contributed by atoms with Crippen LogP contribution in [0.4, 0.5) is 0 Å². The molecule has 0 fully saturated rings. The first kappa shape index (κ1) is 19.0. The van der Waals surface area contributed by atoms with Gasteiger partial charge in [-0.1, -0.05) is 54.1 Å². The largest absolute Gasteiger partial charge is 0.343 e. The molecule has 3 N–H and O–H groups in total. The SMILES string of the molecule is C[NH+](C)C[C@@H](NC(=O)CNC(=O)c1ccccc1Cl)c1ccccc1. The molecule has 0 aliphatic heterocycles. The monoisotopic (exact) mass is 360 g/mol. The number of amides is 2. The van der Waals surface area contributed by atoms with Crippen molar-refractivity contribution in [3.8, 4) is 0 Å². The number of rotatable bonds is 7. The maximum absolute atomic E-state index is 12.3. The molecular weight excluding hydrogens is 338 g/mol. The lowest BCUT2D eigenvalue weighted by Gasteiger charge is -2.21. The summed E-state index contributed by atoms with van der Waals surface area (Å²) in [5.74, 6) is -0.606. The number of nitrogens with one attached hydrogen (secondary N) is 3. The first-order chi connectivity index (χ1) is 12.0. The molecule has 2 aromatic rings. The lowest BCUT2D eigenvalue weighted by Crippen LogP contribution is -3.06. The minimum atomic E-state index is -0.366. The van der Waals surface area contributed by atoms with Crippen molar-refractivity contribution in [3.63, 3.8) is 0 Å². The highest BCUT2D eigenvalue weighted by atomic mass is 35.5. The Hall–Kier alpha value is -2.37. The van der Waals surface area contributed by atoms with Gasteiger partial charge in [-0.15, -0.1) is 0 Å². The molecular formula is C19H23ClN3O2+. The Morgan fingerprint density at radius 2 is 1.68 bits per heavy atom. The molecule has 0 aliphatic carbocycles. The van der Waals surface area contributed by atoms with Gasteiger partial charge in [0.1, 0.15) is 12.6 Å². The van der Waals surface area contributed by atoms with Crippen LogP contribution in [0.15, 0.2) is 54.6 Å². The number of hydrogen-bond donors (Lipinski definition) is 3. The van der Waals surface area contributed by atoms with Gasteiger partial charge in [-0.25, -0.2) is 0 Å². The van der Waals surface area contributed by atoms with Crippen LogP contribution < -0.4 is 15.5 Å². The third kappa shape index (κ3) is 5.89. The van der Waals surface area contributed by atoms with Crippen molar-refractivity contribution in [2.45, 2.75) is 6.04 Å². The van der Waals surface area contributed by atoms with Gasteiger partial charge in [-0.2, -0.15) is 0 Å². The molecule has 0 bridgehead atoms. The van der Waals surface area contributed by atoms with Crippen LogP contribution in [0.5, 0.6) is 0 Å². The van der Waals surface area contributed by atoms with Crippen LogP contribution in [0.25, 0.3) is 0 Å². The van der Waals surface area contributed by atoms with Gasteiger partial charge in [0.05, 0.1) is 31.2 Å². The molecule has 2 aromatic carbocycles. The molecule has 0 saturated carbocycles. The third-order valence-electron chi connectivity index (χ3n) is 3.68. The lowest BCUT2D eigenvalue weighted by atomic mass is 10.1. The molecule has 5 nitrogen and oxygen atoms in total. The summed E-state index contributed by atoms with van der Waals surface area (Å²) in [7, 11) is 4.06. The van der Waals surface area contributed by atoms with Crippen molar-refractivity contribution in [2.75, 3.05) is 27.2 Å². The molecule has 2 rings (SSSR count). The number of carbonyl (C=O) groups excluding carboxylic acids is 2. The zero-order valence-corrected chi connectivity index (χ0v) is 15.1. The van der Waals surface area contributed by atoms with E-state index in [-0.39, 0.29) is 24.4 Å². The number of hydrogen-bond acceptors (Lipinski definition) is 2. The van der Waals surface area contributed by atoms with Crippen molar-refractivity contribution in [3.05, 3.63) is 70.7 Å². The molecule has 1 atom stereocenters. The van der Waals surface area contributed by atoms with Crippen LogP contribution in [0.2, 0.25) is 5.02 Å². The van der Waals surface area contributed by atoms with Crippen LogP contribution in [0.3, 0.4) is 0 Å². The van der Waals surface area contributed by atoms with Gasteiger partial charge >= 0.3 is 0 Å². The summed E-state index contributed by atoms with van der Waals surface area (Å²) in [4.78, 5) is 25.6. The molecule has 6 heteroatoms. The normalized spacial score (nSPS) is 11.8. The smallest absolute Gasteiger partial charge is 0.253 e. The van der Waals surface area contributed by atoms with Gasteiger partial charge in [0.15, 0.2) is 0 Å². The second kappa shape index (κ2) is 9.20. The van der Waals surface area contributed by atoms with Crippen molar-refractivity contribution in [1.29, 1.82) is 0 Å². The highest BCUT2D eigenvalue weighted by Gasteiger charge is 2.18. The minimum absolute atomic E-state index is 0.101. The Bertz CT molecular complexity index is 720. The summed E-state index contributed by atoms with van der Waals surface area (Å²) >= 11 is 5.99. The second-order valence-electron chi connectivity index (χ2n) is 6.10. The first-order valence-corrected chi connectivity index (χ1v) is 8.51. The Balaban J connectivity index is 1.95. The predicted octanol–water partition coefficient (Wildman–Crippen LogP) is 1.07. The lowest BCUT2D eigenvalue weighted by molar-refractivity contribution is -0.860. The highest BCUT2D eigenvalue weighted by molar-refractivity contribution is 6.33. The van der Waals surface area contributed by atoms with E-state index in [9.17, 15) is 9.59 Å². The molecule has 0 spiro atoms. The van der Waals surface area contributed by atoms with E-state index in [1.54, 1.807) is 24.3 Å². The van der Waals surface area contributed by atoms with E-state index in [2.05, 4.69) is 10.6 Å². The molecule has 0 saturated heterocycles. The van der Waals surface area contributed by atoms with Crippen LogP contribution in [0, 0.1) is 0 Å². The van der Waals surface area contributed by atoms with Gasteiger partial charge in [0.25, 0.3) is 5.91 Å². The van der Waals surface area contributed by atoms with E-state index in [1.165, 1.54) is 4.90 Å². The Morgan fingerprint density at radius 3 is 2.32 bits per heavy atom. The standard InChI is InChI=1S/C19H22ClN3O2/c1-23(2)13-17(14-8-4-3-5-9-14)22-18(24)12-21-19(25)15-10-6-7-11-16(15)20/h3-11,17H,12-13H2,1-2H3,(H,21,25)(H,22,24)/p+1/t17-/m1/s1. The number of benzene rings is 2. The highest BCUT2D eigenvalue weighted by Crippen LogP contribution is 2.14.